The number of para-hydroxylation sites is 1. The van der Waals surface area contributed by atoms with Gasteiger partial charge in [-0.15, -0.1) is 0 Å². The average Bonchev–Trinajstić information content (AvgIpc) is 3.12. The van der Waals surface area contributed by atoms with E-state index in [0.29, 0.717) is 5.76 Å². The van der Waals surface area contributed by atoms with E-state index in [0.717, 1.165) is 11.0 Å². The van der Waals surface area contributed by atoms with Crippen molar-refractivity contribution in [3.8, 4) is 0 Å². The van der Waals surface area contributed by atoms with Gasteiger partial charge in [-0.05, 0) is 31.2 Å². The van der Waals surface area contributed by atoms with Crippen LogP contribution in [0.1, 0.15) is 35.6 Å². The number of rotatable bonds is 7. The van der Waals surface area contributed by atoms with E-state index in [2.05, 4.69) is 5.32 Å². The van der Waals surface area contributed by atoms with Gasteiger partial charge in [0.15, 0.2) is 6.10 Å². The molecule has 0 radical (unpaired) electrons. The highest BCUT2D eigenvalue weighted by molar-refractivity contribution is 5.94. The van der Waals surface area contributed by atoms with Crippen molar-refractivity contribution < 1.29 is 23.7 Å². The zero-order valence-electron chi connectivity index (χ0n) is 15.1. The summed E-state index contributed by atoms with van der Waals surface area (Å²) in [5.74, 6) is -0.352. The number of benzene rings is 2. The van der Waals surface area contributed by atoms with Crippen LogP contribution in [0.2, 0.25) is 0 Å². The highest BCUT2D eigenvalue weighted by atomic mass is 16.6. The summed E-state index contributed by atoms with van der Waals surface area (Å²) in [6.07, 6.45) is -0.561. The van der Waals surface area contributed by atoms with Crippen LogP contribution in [0, 0.1) is 10.1 Å². The lowest BCUT2D eigenvalue weighted by atomic mass is 10.2. The number of nitro benzene ring substituents is 1. The number of nitrogens with one attached hydrogen (secondary N) is 1. The number of ether oxygens (including phenoxy) is 1. The standard InChI is InChI=1S/C20H18N2O6/c1-13(18-12-15-4-2-3-5-17(15)28-18)27-19(23)10-11-21-20(24)14-6-8-16(9-7-14)22(25)26/h2-9,12-13H,10-11H2,1H3,(H,21,24)/t13-/m1/s1. The van der Waals surface area contributed by atoms with Gasteiger partial charge in [-0.2, -0.15) is 0 Å². The normalized spacial score (nSPS) is 11.8. The van der Waals surface area contributed by atoms with Crippen molar-refractivity contribution in [2.24, 2.45) is 0 Å². The first-order valence-electron chi connectivity index (χ1n) is 8.64. The second-order valence-corrected chi connectivity index (χ2v) is 6.13. The van der Waals surface area contributed by atoms with Crippen molar-refractivity contribution >= 4 is 28.5 Å². The fraction of sp³-hybridized carbons (Fsp3) is 0.200. The molecule has 3 rings (SSSR count). The van der Waals surface area contributed by atoms with Gasteiger partial charge in [0.25, 0.3) is 11.6 Å². The summed E-state index contributed by atoms with van der Waals surface area (Å²) in [7, 11) is 0. The van der Waals surface area contributed by atoms with E-state index in [1.807, 2.05) is 30.3 Å². The minimum Gasteiger partial charge on any atom is -0.457 e. The lowest BCUT2D eigenvalue weighted by molar-refractivity contribution is -0.384. The first-order chi connectivity index (χ1) is 13.4. The fourth-order valence-corrected chi connectivity index (χ4v) is 2.63. The minimum atomic E-state index is -0.551. The number of esters is 1. The Hall–Kier alpha value is -3.68. The van der Waals surface area contributed by atoms with Crippen molar-refractivity contribution in [3.05, 3.63) is 76.0 Å². The van der Waals surface area contributed by atoms with Crippen molar-refractivity contribution in [3.63, 3.8) is 0 Å². The zero-order valence-corrected chi connectivity index (χ0v) is 15.1. The van der Waals surface area contributed by atoms with E-state index >= 15 is 0 Å². The zero-order chi connectivity index (χ0) is 20.1. The lowest BCUT2D eigenvalue weighted by Crippen LogP contribution is -2.26. The number of nitrogens with zero attached hydrogens (tertiary/aromatic N) is 1. The number of carbonyl (C=O) groups excluding carboxylic acids is 2. The van der Waals surface area contributed by atoms with Gasteiger partial charge in [-0.1, -0.05) is 18.2 Å². The average molecular weight is 382 g/mol. The number of hydrogen-bond acceptors (Lipinski definition) is 6. The maximum absolute atomic E-state index is 12.0. The number of carbonyl (C=O) groups is 2. The summed E-state index contributed by atoms with van der Waals surface area (Å²) >= 11 is 0. The first kappa shape index (κ1) is 19.1. The van der Waals surface area contributed by atoms with Gasteiger partial charge in [-0.25, -0.2) is 0 Å². The Morgan fingerprint density at radius 2 is 1.89 bits per heavy atom. The fourth-order valence-electron chi connectivity index (χ4n) is 2.63. The SMILES string of the molecule is C[C@@H](OC(=O)CCNC(=O)c1ccc([N+](=O)[O-])cc1)c1cc2ccccc2o1. The summed E-state index contributed by atoms with van der Waals surface area (Å²) in [6, 6.07) is 14.5. The van der Waals surface area contributed by atoms with Crippen LogP contribution in [-0.2, 0) is 9.53 Å². The Kier molecular flexibility index (Phi) is 5.69. The van der Waals surface area contributed by atoms with Crippen molar-refractivity contribution in [2.45, 2.75) is 19.4 Å². The van der Waals surface area contributed by atoms with Crippen molar-refractivity contribution in [1.82, 2.24) is 5.32 Å². The molecule has 1 N–H and O–H groups in total. The molecule has 8 nitrogen and oxygen atoms in total. The van der Waals surface area contributed by atoms with Crippen LogP contribution in [0.15, 0.2) is 59.0 Å². The summed E-state index contributed by atoms with van der Waals surface area (Å²) in [5.41, 5.74) is 0.894. The monoisotopic (exact) mass is 382 g/mol. The highest BCUT2D eigenvalue weighted by Gasteiger charge is 2.16. The Morgan fingerprint density at radius 3 is 2.57 bits per heavy atom. The molecule has 28 heavy (non-hydrogen) atoms. The van der Waals surface area contributed by atoms with Crippen LogP contribution in [0.5, 0.6) is 0 Å². The van der Waals surface area contributed by atoms with Gasteiger partial charge in [0.05, 0.1) is 11.3 Å². The maximum atomic E-state index is 12.0. The van der Waals surface area contributed by atoms with Crippen molar-refractivity contribution in [2.75, 3.05) is 6.54 Å². The predicted octanol–water partition coefficient (Wildman–Crippen LogP) is 3.77. The predicted molar refractivity (Wildman–Crippen MR) is 101 cm³/mol. The molecule has 1 heterocycles. The van der Waals surface area contributed by atoms with Gasteiger partial charge >= 0.3 is 5.97 Å². The molecule has 0 aliphatic carbocycles. The molecule has 3 aromatic rings. The third-order valence-electron chi connectivity index (χ3n) is 4.11. The molecule has 1 amide bonds. The van der Waals surface area contributed by atoms with Crippen LogP contribution in [0.4, 0.5) is 5.69 Å². The van der Waals surface area contributed by atoms with Crippen LogP contribution < -0.4 is 5.32 Å². The van der Waals surface area contributed by atoms with Gasteiger partial charge in [0, 0.05) is 29.6 Å². The van der Waals surface area contributed by atoms with Crippen LogP contribution in [-0.4, -0.2) is 23.3 Å². The molecule has 0 saturated heterocycles. The molecule has 1 aromatic heterocycles. The van der Waals surface area contributed by atoms with E-state index in [1.54, 1.807) is 6.92 Å². The molecular formula is C20H18N2O6. The summed E-state index contributed by atoms with van der Waals surface area (Å²) in [6.45, 7) is 1.80. The summed E-state index contributed by atoms with van der Waals surface area (Å²) in [4.78, 5) is 34.1. The summed E-state index contributed by atoms with van der Waals surface area (Å²) < 4.78 is 11.0. The molecular weight excluding hydrogens is 364 g/mol. The van der Waals surface area contributed by atoms with E-state index < -0.39 is 22.9 Å². The largest absolute Gasteiger partial charge is 0.457 e. The van der Waals surface area contributed by atoms with Gasteiger partial charge in [0.2, 0.25) is 0 Å². The summed E-state index contributed by atoms with van der Waals surface area (Å²) in [5, 5.41) is 14.1. The Balaban J connectivity index is 1.47. The second kappa shape index (κ2) is 8.34. The molecule has 0 unspecified atom stereocenters. The van der Waals surface area contributed by atoms with Crippen LogP contribution >= 0.6 is 0 Å². The van der Waals surface area contributed by atoms with E-state index in [1.165, 1.54) is 24.3 Å². The molecule has 0 bridgehead atoms. The molecule has 8 heteroatoms. The van der Waals surface area contributed by atoms with Crippen LogP contribution in [0.25, 0.3) is 11.0 Å². The number of fused-ring (bicyclic) bond motifs is 1. The topological polar surface area (TPSA) is 112 Å². The Bertz CT molecular complexity index is 976. The number of amides is 1. The van der Waals surface area contributed by atoms with Gasteiger partial charge < -0.3 is 14.5 Å². The molecule has 2 aromatic carbocycles. The van der Waals surface area contributed by atoms with E-state index in [9.17, 15) is 19.7 Å². The van der Waals surface area contributed by atoms with E-state index in [-0.39, 0.29) is 24.2 Å². The molecule has 144 valence electrons. The second-order valence-electron chi connectivity index (χ2n) is 6.13. The first-order valence-corrected chi connectivity index (χ1v) is 8.64. The Labute approximate surface area is 160 Å². The maximum Gasteiger partial charge on any atom is 0.308 e. The molecule has 1 atom stereocenters. The molecule has 0 spiro atoms. The number of furan rings is 1. The molecule has 0 aliphatic rings. The van der Waals surface area contributed by atoms with E-state index in [4.69, 9.17) is 9.15 Å². The van der Waals surface area contributed by atoms with Crippen molar-refractivity contribution in [1.29, 1.82) is 0 Å². The quantitative estimate of drug-likeness (QED) is 0.378. The van der Waals surface area contributed by atoms with Gasteiger partial charge in [-0.3, -0.25) is 19.7 Å². The highest BCUT2D eigenvalue weighted by Crippen LogP contribution is 2.25. The third kappa shape index (κ3) is 4.53. The number of non-ortho nitro benzene ring substituents is 1. The molecule has 0 saturated carbocycles. The minimum absolute atomic E-state index is 0.0106. The Morgan fingerprint density at radius 1 is 1.18 bits per heavy atom. The smallest absolute Gasteiger partial charge is 0.308 e. The number of nitro groups is 1. The number of hydrogen-bond donors (Lipinski definition) is 1. The molecule has 0 aliphatic heterocycles. The molecule has 0 fully saturated rings. The lowest BCUT2D eigenvalue weighted by Gasteiger charge is -2.11. The van der Waals surface area contributed by atoms with Crippen LogP contribution in [0.3, 0.4) is 0 Å². The van der Waals surface area contributed by atoms with Gasteiger partial charge in [0.1, 0.15) is 11.3 Å². The third-order valence-corrected chi connectivity index (χ3v) is 4.11.